The molecule has 0 aliphatic rings. The third-order valence-corrected chi connectivity index (χ3v) is 3.31. The van der Waals surface area contributed by atoms with Crippen molar-refractivity contribution in [2.75, 3.05) is 7.11 Å². The van der Waals surface area contributed by atoms with Gasteiger partial charge < -0.3 is 10.1 Å². The van der Waals surface area contributed by atoms with Crippen molar-refractivity contribution in [2.24, 2.45) is 7.05 Å². The largest absolute Gasteiger partial charge is 0.465 e. The van der Waals surface area contributed by atoms with E-state index in [0.29, 0.717) is 16.1 Å². The van der Waals surface area contributed by atoms with E-state index in [1.54, 1.807) is 23.9 Å². The summed E-state index contributed by atoms with van der Waals surface area (Å²) in [6, 6.07) is 6.20. The summed E-state index contributed by atoms with van der Waals surface area (Å²) in [6.45, 7) is 0.271. The van der Waals surface area contributed by atoms with Gasteiger partial charge in [-0.1, -0.05) is 11.6 Å². The first-order chi connectivity index (χ1) is 10.0. The Morgan fingerprint density at radius 3 is 2.43 bits per heavy atom. The second-order valence-corrected chi connectivity index (χ2v) is 4.72. The van der Waals surface area contributed by atoms with Gasteiger partial charge in [-0.05, 0) is 24.3 Å². The minimum absolute atomic E-state index is 0.260. The number of esters is 1. The van der Waals surface area contributed by atoms with Gasteiger partial charge in [-0.3, -0.25) is 9.48 Å². The molecule has 0 atom stereocenters. The molecular weight excluding hydrogens is 294 g/mol. The summed E-state index contributed by atoms with van der Waals surface area (Å²) in [6.07, 6.45) is 1.52. The lowest BCUT2D eigenvalue weighted by Crippen LogP contribution is -2.24. The molecule has 2 aromatic rings. The molecule has 21 heavy (non-hydrogen) atoms. The number of aryl methyl sites for hydroxylation is 1. The predicted molar refractivity (Wildman–Crippen MR) is 77.2 cm³/mol. The maximum atomic E-state index is 12.0. The van der Waals surface area contributed by atoms with E-state index >= 15 is 0 Å². The van der Waals surface area contributed by atoms with Crippen LogP contribution in [0, 0.1) is 0 Å². The summed E-state index contributed by atoms with van der Waals surface area (Å²) in [7, 11) is 3.05. The van der Waals surface area contributed by atoms with E-state index in [1.165, 1.54) is 25.4 Å². The van der Waals surface area contributed by atoms with Crippen molar-refractivity contribution in [1.29, 1.82) is 0 Å². The van der Waals surface area contributed by atoms with E-state index in [9.17, 15) is 9.59 Å². The zero-order valence-corrected chi connectivity index (χ0v) is 12.3. The third kappa shape index (κ3) is 3.41. The molecule has 1 heterocycles. The van der Waals surface area contributed by atoms with Crippen LogP contribution in [-0.4, -0.2) is 28.8 Å². The molecule has 7 heteroatoms. The van der Waals surface area contributed by atoms with Crippen LogP contribution in [0.25, 0.3) is 0 Å². The van der Waals surface area contributed by atoms with Crippen LogP contribution in [0.3, 0.4) is 0 Å². The average molecular weight is 308 g/mol. The van der Waals surface area contributed by atoms with E-state index in [0.717, 1.165) is 5.69 Å². The molecule has 0 saturated carbocycles. The standard InChI is InChI=1S/C14H14ClN3O3/c1-18-12(11(15)7-17-18)8-16-13(19)9-3-5-10(6-4-9)14(20)21-2/h3-7H,8H2,1-2H3,(H,16,19). The van der Waals surface area contributed by atoms with Crippen molar-refractivity contribution < 1.29 is 14.3 Å². The molecule has 110 valence electrons. The summed E-state index contributed by atoms with van der Waals surface area (Å²) in [5, 5.41) is 7.23. The normalized spacial score (nSPS) is 10.2. The van der Waals surface area contributed by atoms with Crippen molar-refractivity contribution in [3.05, 3.63) is 52.3 Å². The van der Waals surface area contributed by atoms with E-state index < -0.39 is 5.97 Å². The number of amides is 1. The molecule has 0 bridgehead atoms. The first-order valence-electron chi connectivity index (χ1n) is 6.16. The van der Waals surface area contributed by atoms with Gasteiger partial charge >= 0.3 is 5.97 Å². The number of ether oxygens (including phenoxy) is 1. The zero-order chi connectivity index (χ0) is 15.4. The molecule has 0 radical (unpaired) electrons. The van der Waals surface area contributed by atoms with E-state index in [2.05, 4.69) is 15.2 Å². The van der Waals surface area contributed by atoms with Gasteiger partial charge in [-0.2, -0.15) is 5.10 Å². The predicted octanol–water partition coefficient (Wildman–Crippen LogP) is 1.79. The Labute approximate surface area is 126 Å². The van der Waals surface area contributed by atoms with Crippen LogP contribution in [-0.2, 0) is 18.3 Å². The lowest BCUT2D eigenvalue weighted by atomic mass is 10.1. The highest BCUT2D eigenvalue weighted by molar-refractivity contribution is 6.31. The molecule has 6 nitrogen and oxygen atoms in total. The van der Waals surface area contributed by atoms with Gasteiger partial charge in [0, 0.05) is 12.6 Å². The summed E-state index contributed by atoms with van der Waals surface area (Å²) < 4.78 is 6.20. The molecule has 0 saturated heterocycles. The second-order valence-electron chi connectivity index (χ2n) is 4.31. The number of carbonyl (C=O) groups is 2. The third-order valence-electron chi connectivity index (χ3n) is 3.00. The Kier molecular flexibility index (Phi) is 4.59. The van der Waals surface area contributed by atoms with Gasteiger partial charge in [-0.15, -0.1) is 0 Å². The van der Waals surface area contributed by atoms with E-state index in [1.807, 2.05) is 0 Å². The number of hydrogen-bond acceptors (Lipinski definition) is 4. The fraction of sp³-hybridized carbons (Fsp3) is 0.214. The quantitative estimate of drug-likeness (QED) is 0.874. The number of benzene rings is 1. The number of rotatable bonds is 4. The van der Waals surface area contributed by atoms with Crippen molar-refractivity contribution >= 4 is 23.5 Å². The highest BCUT2D eigenvalue weighted by atomic mass is 35.5. The molecule has 1 N–H and O–H groups in total. The number of aromatic nitrogens is 2. The first kappa shape index (κ1) is 15.1. The van der Waals surface area contributed by atoms with Crippen LogP contribution in [0.2, 0.25) is 5.02 Å². The highest BCUT2D eigenvalue weighted by Crippen LogP contribution is 2.13. The fourth-order valence-electron chi connectivity index (χ4n) is 1.78. The molecule has 0 spiro atoms. The Bertz CT molecular complexity index is 645. The Morgan fingerprint density at radius 2 is 1.90 bits per heavy atom. The van der Waals surface area contributed by atoms with Crippen LogP contribution in [0.5, 0.6) is 0 Å². The molecule has 2 rings (SSSR count). The lowest BCUT2D eigenvalue weighted by Gasteiger charge is -2.07. The molecule has 1 aromatic carbocycles. The van der Waals surface area contributed by atoms with Crippen LogP contribution in [0.15, 0.2) is 30.5 Å². The van der Waals surface area contributed by atoms with Crippen molar-refractivity contribution in [1.82, 2.24) is 15.1 Å². The van der Waals surface area contributed by atoms with Gasteiger partial charge in [0.2, 0.25) is 0 Å². The number of nitrogens with one attached hydrogen (secondary N) is 1. The molecule has 0 unspecified atom stereocenters. The zero-order valence-electron chi connectivity index (χ0n) is 11.6. The minimum atomic E-state index is -0.441. The first-order valence-corrected chi connectivity index (χ1v) is 6.53. The SMILES string of the molecule is COC(=O)c1ccc(C(=O)NCc2c(Cl)cnn2C)cc1. The summed E-state index contributed by atoms with van der Waals surface area (Å²) in [5.74, 6) is -0.702. The Balaban J connectivity index is 2.02. The number of methoxy groups -OCH3 is 1. The maximum Gasteiger partial charge on any atom is 0.337 e. The summed E-state index contributed by atoms with van der Waals surface area (Å²) in [4.78, 5) is 23.3. The van der Waals surface area contributed by atoms with Crippen molar-refractivity contribution in [3.63, 3.8) is 0 Å². The van der Waals surface area contributed by atoms with Crippen molar-refractivity contribution in [3.8, 4) is 0 Å². The van der Waals surface area contributed by atoms with Gasteiger partial charge in [0.05, 0.1) is 36.1 Å². The molecule has 0 aliphatic heterocycles. The Hall–Kier alpha value is -2.34. The fourth-order valence-corrected chi connectivity index (χ4v) is 2.01. The number of halogens is 1. The second kappa shape index (κ2) is 6.41. The van der Waals surface area contributed by atoms with Crippen LogP contribution < -0.4 is 5.32 Å². The Morgan fingerprint density at radius 1 is 1.29 bits per heavy atom. The van der Waals surface area contributed by atoms with Crippen molar-refractivity contribution in [2.45, 2.75) is 6.54 Å². The average Bonchev–Trinajstić information content (AvgIpc) is 2.83. The maximum absolute atomic E-state index is 12.0. The number of hydrogen-bond donors (Lipinski definition) is 1. The summed E-state index contributed by atoms with van der Waals surface area (Å²) >= 11 is 5.96. The highest BCUT2D eigenvalue weighted by Gasteiger charge is 2.11. The molecule has 0 aliphatic carbocycles. The smallest absolute Gasteiger partial charge is 0.337 e. The minimum Gasteiger partial charge on any atom is -0.465 e. The van der Waals surface area contributed by atoms with E-state index in [-0.39, 0.29) is 12.5 Å². The topological polar surface area (TPSA) is 73.2 Å². The monoisotopic (exact) mass is 307 g/mol. The van der Waals surface area contributed by atoms with Gasteiger partial charge in [0.1, 0.15) is 0 Å². The molecule has 0 fully saturated rings. The van der Waals surface area contributed by atoms with E-state index in [4.69, 9.17) is 11.6 Å². The number of nitrogens with zero attached hydrogens (tertiary/aromatic N) is 2. The lowest BCUT2D eigenvalue weighted by molar-refractivity contribution is 0.0600. The molecule has 1 amide bonds. The van der Waals surface area contributed by atoms with Crippen LogP contribution in [0.4, 0.5) is 0 Å². The molecular formula is C14H14ClN3O3. The number of carbonyl (C=O) groups excluding carboxylic acids is 2. The summed E-state index contributed by atoms with van der Waals surface area (Å²) in [5.41, 5.74) is 1.56. The van der Waals surface area contributed by atoms with Gasteiger partial charge in [0.15, 0.2) is 0 Å². The molecule has 1 aromatic heterocycles. The van der Waals surface area contributed by atoms with Crippen LogP contribution >= 0.6 is 11.6 Å². The van der Waals surface area contributed by atoms with Gasteiger partial charge in [-0.25, -0.2) is 4.79 Å². The van der Waals surface area contributed by atoms with Crippen LogP contribution in [0.1, 0.15) is 26.4 Å². The van der Waals surface area contributed by atoms with Gasteiger partial charge in [0.25, 0.3) is 5.91 Å².